The van der Waals surface area contributed by atoms with Gasteiger partial charge in [-0.25, -0.2) is 0 Å². The first-order valence-electron chi connectivity index (χ1n) is 3.78. The number of β-amino-alcohol motifs (C(OH)–C–C–N with tert-alkyl or cyclic N) is 1. The van der Waals surface area contributed by atoms with E-state index in [0.29, 0.717) is 0 Å². The van der Waals surface area contributed by atoms with E-state index in [1.54, 1.807) is 0 Å². The molecule has 2 nitrogen and oxygen atoms in total. The fourth-order valence-electron chi connectivity index (χ4n) is 1.54. The molecule has 0 spiro atoms. The third-order valence-electron chi connectivity index (χ3n) is 2.26. The highest BCUT2D eigenvalue weighted by Crippen LogP contribution is 2.29. The Bertz CT molecular complexity index is 116. The standard InChI is InChI=1S/C7H13NO.ClH/c9-7-3-4-8(5-7)6-1-2-6;/h6-7,9H,1-5H2;1H. The van der Waals surface area contributed by atoms with Crippen molar-refractivity contribution in [3.63, 3.8) is 0 Å². The van der Waals surface area contributed by atoms with Crippen LogP contribution in [-0.4, -0.2) is 35.2 Å². The van der Waals surface area contributed by atoms with Gasteiger partial charge in [0.15, 0.2) is 0 Å². The van der Waals surface area contributed by atoms with Gasteiger partial charge in [0, 0.05) is 19.1 Å². The smallest absolute Gasteiger partial charge is 0.0679 e. The number of aliphatic hydroxyl groups is 1. The van der Waals surface area contributed by atoms with E-state index in [1.165, 1.54) is 12.8 Å². The first-order valence-corrected chi connectivity index (χ1v) is 3.78. The molecular formula is C7H14ClNO. The van der Waals surface area contributed by atoms with Gasteiger partial charge in [-0.3, -0.25) is 4.90 Å². The summed E-state index contributed by atoms with van der Waals surface area (Å²) < 4.78 is 0. The van der Waals surface area contributed by atoms with Crippen molar-refractivity contribution in [2.24, 2.45) is 0 Å². The number of hydrogen-bond acceptors (Lipinski definition) is 2. The summed E-state index contributed by atoms with van der Waals surface area (Å²) in [7, 11) is 0. The first kappa shape index (κ1) is 8.31. The Hall–Kier alpha value is 0.210. The van der Waals surface area contributed by atoms with Gasteiger partial charge in [0.05, 0.1) is 6.10 Å². The molecule has 1 aliphatic carbocycles. The fraction of sp³-hybridized carbons (Fsp3) is 1.00. The molecule has 1 heterocycles. The number of aliphatic hydroxyl groups excluding tert-OH is 1. The van der Waals surface area contributed by atoms with Crippen LogP contribution in [-0.2, 0) is 0 Å². The van der Waals surface area contributed by atoms with Crippen molar-refractivity contribution in [1.82, 2.24) is 4.90 Å². The van der Waals surface area contributed by atoms with Crippen molar-refractivity contribution in [1.29, 1.82) is 0 Å². The predicted octanol–water partition coefficient (Wildman–Crippen LogP) is 0.637. The molecule has 0 aromatic rings. The third-order valence-corrected chi connectivity index (χ3v) is 2.26. The molecule has 0 amide bonds. The van der Waals surface area contributed by atoms with Gasteiger partial charge >= 0.3 is 0 Å². The van der Waals surface area contributed by atoms with Gasteiger partial charge in [-0.15, -0.1) is 12.4 Å². The van der Waals surface area contributed by atoms with Gasteiger partial charge in [0.25, 0.3) is 0 Å². The molecule has 0 aromatic heterocycles. The minimum atomic E-state index is -0.0226. The van der Waals surface area contributed by atoms with E-state index >= 15 is 0 Å². The second-order valence-electron chi connectivity index (χ2n) is 3.17. The van der Waals surface area contributed by atoms with Gasteiger partial charge in [-0.1, -0.05) is 0 Å². The van der Waals surface area contributed by atoms with E-state index in [-0.39, 0.29) is 18.5 Å². The Balaban J connectivity index is 0.000000500. The van der Waals surface area contributed by atoms with Crippen LogP contribution < -0.4 is 0 Å². The summed E-state index contributed by atoms with van der Waals surface area (Å²) in [6, 6.07) is 0.849. The van der Waals surface area contributed by atoms with Crippen LogP contribution in [0.3, 0.4) is 0 Å². The minimum absolute atomic E-state index is 0. The quantitative estimate of drug-likeness (QED) is 0.613. The van der Waals surface area contributed by atoms with Crippen molar-refractivity contribution in [3.8, 4) is 0 Å². The minimum Gasteiger partial charge on any atom is -0.392 e. The highest BCUT2D eigenvalue weighted by Gasteiger charge is 2.33. The topological polar surface area (TPSA) is 23.5 Å². The molecule has 1 N–H and O–H groups in total. The summed E-state index contributed by atoms with van der Waals surface area (Å²) >= 11 is 0. The summed E-state index contributed by atoms with van der Waals surface area (Å²) in [5.41, 5.74) is 0. The lowest BCUT2D eigenvalue weighted by molar-refractivity contribution is 0.174. The molecule has 1 saturated heterocycles. The van der Waals surface area contributed by atoms with Crippen molar-refractivity contribution >= 4 is 12.4 Å². The molecule has 0 bridgehead atoms. The first-order chi connectivity index (χ1) is 4.36. The van der Waals surface area contributed by atoms with Crippen LogP contribution in [0.2, 0.25) is 0 Å². The van der Waals surface area contributed by atoms with E-state index in [4.69, 9.17) is 5.11 Å². The zero-order valence-corrected chi connectivity index (χ0v) is 6.81. The lowest BCUT2D eigenvalue weighted by Crippen LogP contribution is -2.23. The van der Waals surface area contributed by atoms with Crippen LogP contribution >= 0.6 is 12.4 Å². The van der Waals surface area contributed by atoms with Gasteiger partial charge in [0.2, 0.25) is 0 Å². The molecule has 10 heavy (non-hydrogen) atoms. The van der Waals surface area contributed by atoms with Crippen molar-refractivity contribution in [2.75, 3.05) is 13.1 Å². The molecule has 2 fully saturated rings. The maximum absolute atomic E-state index is 9.13. The normalized spacial score (nSPS) is 33.9. The van der Waals surface area contributed by atoms with E-state index in [9.17, 15) is 0 Å². The second-order valence-corrected chi connectivity index (χ2v) is 3.17. The second kappa shape index (κ2) is 3.07. The molecular weight excluding hydrogens is 150 g/mol. The lowest BCUT2D eigenvalue weighted by atomic mass is 10.3. The van der Waals surface area contributed by atoms with Gasteiger partial charge in [-0.2, -0.15) is 0 Å². The molecule has 1 aliphatic heterocycles. The number of likely N-dealkylation sites (tertiary alicyclic amines) is 1. The number of rotatable bonds is 1. The lowest BCUT2D eigenvalue weighted by Gasteiger charge is -2.11. The molecule has 0 radical (unpaired) electrons. The largest absolute Gasteiger partial charge is 0.392 e. The highest BCUT2D eigenvalue weighted by atomic mass is 35.5. The maximum Gasteiger partial charge on any atom is 0.0679 e. The molecule has 3 heteroatoms. The summed E-state index contributed by atoms with van der Waals surface area (Å²) in [4.78, 5) is 2.41. The molecule has 1 atom stereocenters. The molecule has 1 saturated carbocycles. The molecule has 1 unspecified atom stereocenters. The number of hydrogen-bond donors (Lipinski definition) is 1. The molecule has 2 rings (SSSR count). The monoisotopic (exact) mass is 163 g/mol. The van der Waals surface area contributed by atoms with E-state index in [0.717, 1.165) is 25.6 Å². The Kier molecular flexibility index (Phi) is 2.55. The van der Waals surface area contributed by atoms with Crippen molar-refractivity contribution in [2.45, 2.75) is 31.4 Å². The van der Waals surface area contributed by atoms with Crippen LogP contribution in [0.15, 0.2) is 0 Å². The van der Waals surface area contributed by atoms with E-state index in [2.05, 4.69) is 4.90 Å². The summed E-state index contributed by atoms with van der Waals surface area (Å²) in [5, 5.41) is 9.13. The zero-order valence-electron chi connectivity index (χ0n) is 5.99. The van der Waals surface area contributed by atoms with Crippen LogP contribution in [0, 0.1) is 0 Å². The summed E-state index contributed by atoms with van der Waals surface area (Å²) in [6.45, 7) is 2.07. The summed E-state index contributed by atoms with van der Waals surface area (Å²) in [5.74, 6) is 0. The Labute approximate surface area is 67.6 Å². The van der Waals surface area contributed by atoms with Gasteiger partial charge in [-0.05, 0) is 19.3 Å². The molecule has 2 aliphatic rings. The van der Waals surface area contributed by atoms with Crippen LogP contribution in [0.5, 0.6) is 0 Å². The SMILES string of the molecule is Cl.OC1CCN(C2CC2)C1. The fourth-order valence-corrected chi connectivity index (χ4v) is 1.54. The van der Waals surface area contributed by atoms with E-state index in [1.807, 2.05) is 0 Å². The number of nitrogens with zero attached hydrogens (tertiary/aromatic N) is 1. The third kappa shape index (κ3) is 1.62. The average molecular weight is 164 g/mol. The Morgan fingerprint density at radius 3 is 2.30 bits per heavy atom. The maximum atomic E-state index is 9.13. The average Bonchev–Trinajstić information content (AvgIpc) is 2.58. The zero-order chi connectivity index (χ0) is 6.27. The summed E-state index contributed by atoms with van der Waals surface area (Å²) in [6.07, 6.45) is 3.71. The van der Waals surface area contributed by atoms with Crippen LogP contribution in [0.25, 0.3) is 0 Å². The molecule has 60 valence electrons. The van der Waals surface area contributed by atoms with Gasteiger partial charge in [0.1, 0.15) is 0 Å². The highest BCUT2D eigenvalue weighted by molar-refractivity contribution is 5.85. The van der Waals surface area contributed by atoms with Crippen LogP contribution in [0.1, 0.15) is 19.3 Å². The number of halogens is 1. The van der Waals surface area contributed by atoms with Crippen molar-refractivity contribution in [3.05, 3.63) is 0 Å². The van der Waals surface area contributed by atoms with Crippen LogP contribution in [0.4, 0.5) is 0 Å². The van der Waals surface area contributed by atoms with E-state index < -0.39 is 0 Å². The van der Waals surface area contributed by atoms with Crippen molar-refractivity contribution < 1.29 is 5.11 Å². The Morgan fingerprint density at radius 1 is 1.20 bits per heavy atom. The Morgan fingerprint density at radius 2 is 1.90 bits per heavy atom. The van der Waals surface area contributed by atoms with Gasteiger partial charge < -0.3 is 5.11 Å². The predicted molar refractivity (Wildman–Crippen MR) is 42.5 cm³/mol. The molecule has 0 aromatic carbocycles.